The van der Waals surface area contributed by atoms with Gasteiger partial charge in [-0.2, -0.15) is 0 Å². The number of rotatable bonds is 4. The Morgan fingerprint density at radius 1 is 1.29 bits per heavy atom. The molecule has 5 nitrogen and oxygen atoms in total. The van der Waals surface area contributed by atoms with Crippen LogP contribution in [0.15, 0.2) is 12.1 Å². The zero-order chi connectivity index (χ0) is 15.6. The summed E-state index contributed by atoms with van der Waals surface area (Å²) in [7, 11) is 0. The van der Waals surface area contributed by atoms with E-state index in [9.17, 15) is 14.7 Å². The number of ether oxygens (including phenoxy) is 1. The maximum atomic E-state index is 12.5. The fourth-order valence-corrected chi connectivity index (χ4v) is 2.72. The maximum Gasteiger partial charge on any atom is 0.336 e. The Kier molecular flexibility index (Phi) is 4.63. The quantitative estimate of drug-likeness (QED) is 0.891. The van der Waals surface area contributed by atoms with E-state index >= 15 is 0 Å². The first-order valence-corrected chi connectivity index (χ1v) is 7.14. The van der Waals surface area contributed by atoms with Crippen LogP contribution in [-0.2, 0) is 4.74 Å². The van der Waals surface area contributed by atoms with Gasteiger partial charge in [0, 0.05) is 18.6 Å². The van der Waals surface area contributed by atoms with E-state index in [-0.39, 0.29) is 29.0 Å². The Bertz CT molecular complexity index is 562. The molecule has 1 fully saturated rings. The van der Waals surface area contributed by atoms with Crippen LogP contribution in [0.25, 0.3) is 0 Å². The molecule has 0 bridgehead atoms. The molecule has 21 heavy (non-hydrogen) atoms. The standard InChI is InChI=1S/C16H21NO4/c1-9-4-5-10(2)14(16(19)20)13(9)15(18)17-11(3)12-6-7-21-8-12/h4-5,11-12H,6-8H2,1-3H3,(H,17,18)(H,19,20). The van der Waals surface area contributed by atoms with E-state index in [1.807, 2.05) is 6.92 Å². The second-order valence-electron chi connectivity index (χ2n) is 5.64. The van der Waals surface area contributed by atoms with Crippen LogP contribution in [0.5, 0.6) is 0 Å². The summed E-state index contributed by atoms with van der Waals surface area (Å²) in [5.74, 6) is -1.11. The Hall–Kier alpha value is -1.88. The number of aromatic carboxylic acids is 1. The normalized spacial score (nSPS) is 19.3. The SMILES string of the molecule is Cc1ccc(C)c(C(=O)NC(C)C2CCOC2)c1C(=O)O. The third-order valence-corrected chi connectivity index (χ3v) is 4.09. The van der Waals surface area contributed by atoms with Crippen molar-refractivity contribution in [2.75, 3.05) is 13.2 Å². The van der Waals surface area contributed by atoms with Gasteiger partial charge in [-0.1, -0.05) is 12.1 Å². The molecule has 0 aromatic heterocycles. The zero-order valence-electron chi connectivity index (χ0n) is 12.6. The molecular formula is C16H21NO4. The highest BCUT2D eigenvalue weighted by atomic mass is 16.5. The van der Waals surface area contributed by atoms with Gasteiger partial charge < -0.3 is 15.2 Å². The van der Waals surface area contributed by atoms with Crippen molar-refractivity contribution in [1.29, 1.82) is 0 Å². The summed E-state index contributed by atoms with van der Waals surface area (Å²) < 4.78 is 5.32. The monoisotopic (exact) mass is 291 g/mol. The minimum absolute atomic E-state index is 0.0402. The molecule has 0 radical (unpaired) electrons. The molecule has 114 valence electrons. The summed E-state index contributed by atoms with van der Waals surface area (Å²) in [4.78, 5) is 23.9. The molecule has 5 heteroatoms. The fourth-order valence-electron chi connectivity index (χ4n) is 2.72. The zero-order valence-corrected chi connectivity index (χ0v) is 12.6. The number of hydrogen-bond donors (Lipinski definition) is 2. The van der Waals surface area contributed by atoms with Crippen LogP contribution < -0.4 is 5.32 Å². The van der Waals surface area contributed by atoms with E-state index < -0.39 is 5.97 Å². The highest BCUT2D eigenvalue weighted by Crippen LogP contribution is 2.21. The van der Waals surface area contributed by atoms with Gasteiger partial charge in [-0.15, -0.1) is 0 Å². The van der Waals surface area contributed by atoms with Crippen molar-refractivity contribution in [2.24, 2.45) is 5.92 Å². The minimum atomic E-state index is -1.07. The molecule has 2 atom stereocenters. The molecule has 0 spiro atoms. The van der Waals surface area contributed by atoms with Gasteiger partial charge in [0.15, 0.2) is 0 Å². The molecule has 2 N–H and O–H groups in total. The second-order valence-corrected chi connectivity index (χ2v) is 5.64. The summed E-state index contributed by atoms with van der Waals surface area (Å²) in [5.41, 5.74) is 1.61. The third-order valence-electron chi connectivity index (χ3n) is 4.09. The van der Waals surface area contributed by atoms with Crippen LogP contribution in [-0.4, -0.2) is 36.2 Å². The van der Waals surface area contributed by atoms with E-state index in [0.717, 1.165) is 6.42 Å². The topological polar surface area (TPSA) is 75.6 Å². The van der Waals surface area contributed by atoms with Gasteiger partial charge in [0.25, 0.3) is 5.91 Å². The smallest absolute Gasteiger partial charge is 0.336 e. The highest BCUT2D eigenvalue weighted by Gasteiger charge is 2.27. The highest BCUT2D eigenvalue weighted by molar-refractivity contribution is 6.06. The molecular weight excluding hydrogens is 270 g/mol. The Labute approximate surface area is 124 Å². The number of benzene rings is 1. The predicted octanol–water partition coefficient (Wildman–Crippen LogP) is 2.16. The van der Waals surface area contributed by atoms with E-state index in [2.05, 4.69) is 5.32 Å². The molecule has 2 unspecified atom stereocenters. The number of carboxylic acid groups (broad SMARTS) is 1. The first-order valence-electron chi connectivity index (χ1n) is 7.14. The van der Waals surface area contributed by atoms with Crippen molar-refractivity contribution < 1.29 is 19.4 Å². The summed E-state index contributed by atoms with van der Waals surface area (Å²) in [5, 5.41) is 12.3. The van der Waals surface area contributed by atoms with E-state index in [1.165, 1.54) is 0 Å². The fraction of sp³-hybridized carbons (Fsp3) is 0.500. The molecule has 1 saturated heterocycles. The van der Waals surface area contributed by atoms with Gasteiger partial charge in [-0.3, -0.25) is 4.79 Å². The van der Waals surface area contributed by atoms with Gasteiger partial charge in [0.2, 0.25) is 0 Å². The van der Waals surface area contributed by atoms with Crippen LogP contribution in [0, 0.1) is 19.8 Å². The van der Waals surface area contributed by atoms with E-state index in [4.69, 9.17) is 4.74 Å². The van der Waals surface area contributed by atoms with Crippen molar-refractivity contribution in [1.82, 2.24) is 5.32 Å². The average Bonchev–Trinajstić information content (AvgIpc) is 2.94. The molecule has 1 aromatic carbocycles. The number of nitrogens with one attached hydrogen (secondary N) is 1. The Balaban J connectivity index is 2.26. The summed E-state index contributed by atoms with van der Waals surface area (Å²) in [6.07, 6.45) is 0.917. The van der Waals surface area contributed by atoms with E-state index in [0.29, 0.717) is 24.3 Å². The van der Waals surface area contributed by atoms with Crippen LogP contribution in [0.4, 0.5) is 0 Å². The summed E-state index contributed by atoms with van der Waals surface area (Å²) >= 11 is 0. The average molecular weight is 291 g/mol. The first kappa shape index (κ1) is 15.5. The lowest BCUT2D eigenvalue weighted by molar-refractivity contribution is 0.0689. The van der Waals surface area contributed by atoms with Crippen molar-refractivity contribution in [3.8, 4) is 0 Å². The molecule has 1 aromatic rings. The largest absolute Gasteiger partial charge is 0.478 e. The Morgan fingerprint density at radius 3 is 2.43 bits per heavy atom. The number of amides is 1. The van der Waals surface area contributed by atoms with Crippen LogP contribution in [0.3, 0.4) is 0 Å². The van der Waals surface area contributed by atoms with Crippen molar-refractivity contribution in [3.63, 3.8) is 0 Å². The second kappa shape index (κ2) is 6.26. The van der Waals surface area contributed by atoms with Gasteiger partial charge in [0.1, 0.15) is 0 Å². The van der Waals surface area contributed by atoms with Gasteiger partial charge in [0.05, 0.1) is 17.7 Å². The van der Waals surface area contributed by atoms with Crippen LogP contribution >= 0.6 is 0 Å². The molecule has 1 aliphatic rings. The van der Waals surface area contributed by atoms with Crippen LogP contribution in [0.1, 0.15) is 45.2 Å². The van der Waals surface area contributed by atoms with Crippen LogP contribution in [0.2, 0.25) is 0 Å². The summed E-state index contributed by atoms with van der Waals surface area (Å²) in [6, 6.07) is 3.46. The number of carboxylic acids is 1. The van der Waals surface area contributed by atoms with Crippen molar-refractivity contribution in [2.45, 2.75) is 33.2 Å². The minimum Gasteiger partial charge on any atom is -0.478 e. The molecule has 1 aliphatic heterocycles. The number of carbonyl (C=O) groups is 2. The lowest BCUT2D eigenvalue weighted by Crippen LogP contribution is -2.39. The van der Waals surface area contributed by atoms with Gasteiger partial charge in [-0.25, -0.2) is 4.79 Å². The van der Waals surface area contributed by atoms with E-state index in [1.54, 1.807) is 26.0 Å². The number of hydrogen-bond acceptors (Lipinski definition) is 3. The van der Waals surface area contributed by atoms with Crippen molar-refractivity contribution in [3.05, 3.63) is 34.4 Å². The van der Waals surface area contributed by atoms with Crippen molar-refractivity contribution >= 4 is 11.9 Å². The van der Waals surface area contributed by atoms with Gasteiger partial charge >= 0.3 is 5.97 Å². The maximum absolute atomic E-state index is 12.5. The summed E-state index contributed by atoms with van der Waals surface area (Å²) in [6.45, 7) is 6.75. The lowest BCUT2D eigenvalue weighted by Gasteiger charge is -2.21. The molecule has 0 aliphatic carbocycles. The molecule has 1 amide bonds. The molecule has 1 heterocycles. The number of aryl methyl sites for hydroxylation is 2. The van der Waals surface area contributed by atoms with Gasteiger partial charge in [-0.05, 0) is 38.3 Å². The lowest BCUT2D eigenvalue weighted by atomic mass is 9.95. The molecule has 0 saturated carbocycles. The molecule has 2 rings (SSSR count). The predicted molar refractivity (Wildman–Crippen MR) is 78.7 cm³/mol. The first-order chi connectivity index (χ1) is 9.91. The third kappa shape index (κ3) is 3.24. The Morgan fingerprint density at radius 2 is 1.90 bits per heavy atom. The number of carbonyl (C=O) groups excluding carboxylic acids is 1.